The van der Waals surface area contributed by atoms with Crippen molar-refractivity contribution in [2.75, 3.05) is 13.7 Å². The summed E-state index contributed by atoms with van der Waals surface area (Å²) in [5.74, 6) is 0.0925. The van der Waals surface area contributed by atoms with Crippen LogP contribution in [0.4, 0.5) is 0 Å². The van der Waals surface area contributed by atoms with Gasteiger partial charge in [0.25, 0.3) is 0 Å². The molecule has 2 unspecified atom stereocenters. The third-order valence-electron chi connectivity index (χ3n) is 2.58. The van der Waals surface area contributed by atoms with Crippen molar-refractivity contribution in [2.45, 2.75) is 19.4 Å². The first-order valence-electron chi connectivity index (χ1n) is 5.12. The van der Waals surface area contributed by atoms with E-state index in [-0.39, 0.29) is 5.92 Å². The van der Waals surface area contributed by atoms with E-state index in [0.717, 1.165) is 12.0 Å². The molecule has 3 heteroatoms. The van der Waals surface area contributed by atoms with Crippen molar-refractivity contribution in [1.82, 2.24) is 0 Å². The third-order valence-corrected chi connectivity index (χ3v) is 2.92. The van der Waals surface area contributed by atoms with Gasteiger partial charge in [-0.3, -0.25) is 0 Å². The Hall–Kier alpha value is -0.570. The highest BCUT2D eigenvalue weighted by molar-refractivity contribution is 6.31. The normalized spacial score (nSPS) is 14.9. The summed E-state index contributed by atoms with van der Waals surface area (Å²) in [5.41, 5.74) is 0.781. The highest BCUT2D eigenvalue weighted by Gasteiger charge is 2.20. The van der Waals surface area contributed by atoms with E-state index in [1.54, 1.807) is 13.2 Å². The Labute approximate surface area is 95.8 Å². The van der Waals surface area contributed by atoms with Crippen LogP contribution in [0.1, 0.15) is 25.0 Å². The molecule has 0 saturated heterocycles. The van der Waals surface area contributed by atoms with Gasteiger partial charge in [-0.05, 0) is 18.1 Å². The van der Waals surface area contributed by atoms with Crippen LogP contribution in [0.2, 0.25) is 5.02 Å². The smallest absolute Gasteiger partial charge is 0.0854 e. The monoisotopic (exact) mass is 228 g/mol. The number of aliphatic hydroxyl groups excluding tert-OH is 1. The average molecular weight is 229 g/mol. The number of rotatable bonds is 5. The van der Waals surface area contributed by atoms with Crippen LogP contribution >= 0.6 is 11.6 Å². The van der Waals surface area contributed by atoms with Crippen molar-refractivity contribution < 1.29 is 9.84 Å². The molecule has 0 bridgehead atoms. The number of hydrogen-bond acceptors (Lipinski definition) is 2. The van der Waals surface area contributed by atoms with Gasteiger partial charge in [-0.25, -0.2) is 0 Å². The van der Waals surface area contributed by atoms with E-state index in [4.69, 9.17) is 16.3 Å². The molecule has 0 aliphatic carbocycles. The fourth-order valence-electron chi connectivity index (χ4n) is 1.62. The third kappa shape index (κ3) is 3.20. The molecule has 2 atom stereocenters. The van der Waals surface area contributed by atoms with Crippen LogP contribution in [-0.2, 0) is 4.74 Å². The molecule has 0 aliphatic heterocycles. The Morgan fingerprint density at radius 1 is 1.40 bits per heavy atom. The number of halogens is 1. The van der Waals surface area contributed by atoms with E-state index < -0.39 is 6.10 Å². The molecule has 1 rings (SSSR count). The molecule has 0 amide bonds. The highest BCUT2D eigenvalue weighted by Crippen LogP contribution is 2.29. The lowest BCUT2D eigenvalue weighted by molar-refractivity contribution is 0.0453. The van der Waals surface area contributed by atoms with Crippen LogP contribution in [0.25, 0.3) is 0 Å². The minimum atomic E-state index is -0.552. The molecule has 1 N–H and O–H groups in total. The van der Waals surface area contributed by atoms with Crippen molar-refractivity contribution in [3.8, 4) is 0 Å². The van der Waals surface area contributed by atoms with Gasteiger partial charge in [0.1, 0.15) is 0 Å². The van der Waals surface area contributed by atoms with Gasteiger partial charge in [-0.2, -0.15) is 0 Å². The number of aliphatic hydroxyl groups is 1. The molecule has 84 valence electrons. The van der Waals surface area contributed by atoms with Crippen molar-refractivity contribution in [2.24, 2.45) is 5.92 Å². The molecule has 0 radical (unpaired) electrons. The number of ether oxygens (including phenoxy) is 1. The molecule has 0 heterocycles. The van der Waals surface area contributed by atoms with Crippen LogP contribution < -0.4 is 0 Å². The summed E-state index contributed by atoms with van der Waals surface area (Å²) >= 11 is 6.02. The lowest BCUT2D eigenvalue weighted by Crippen LogP contribution is -2.17. The molecular weight excluding hydrogens is 212 g/mol. The van der Waals surface area contributed by atoms with E-state index in [0.29, 0.717) is 11.6 Å². The first kappa shape index (κ1) is 12.5. The summed E-state index contributed by atoms with van der Waals surface area (Å²) < 4.78 is 5.07. The summed E-state index contributed by atoms with van der Waals surface area (Å²) in [6.07, 6.45) is 0.309. The highest BCUT2D eigenvalue weighted by atomic mass is 35.5. The zero-order chi connectivity index (χ0) is 11.3. The van der Waals surface area contributed by atoms with Gasteiger partial charge in [-0.1, -0.05) is 36.7 Å². The zero-order valence-electron chi connectivity index (χ0n) is 9.11. The minimum absolute atomic E-state index is 0.0925. The molecule has 0 saturated carbocycles. The Balaban J connectivity index is 2.82. The second-order valence-corrected chi connectivity index (χ2v) is 4.00. The van der Waals surface area contributed by atoms with Gasteiger partial charge in [0.15, 0.2) is 0 Å². The maximum atomic E-state index is 10.1. The molecule has 15 heavy (non-hydrogen) atoms. The molecule has 0 aliphatic rings. The second kappa shape index (κ2) is 6.11. The molecular formula is C12H17ClO2. The van der Waals surface area contributed by atoms with E-state index >= 15 is 0 Å². The summed E-state index contributed by atoms with van der Waals surface area (Å²) in [4.78, 5) is 0. The van der Waals surface area contributed by atoms with Crippen LogP contribution in [0.5, 0.6) is 0 Å². The van der Waals surface area contributed by atoms with Gasteiger partial charge in [0.05, 0.1) is 12.7 Å². The minimum Gasteiger partial charge on any atom is -0.388 e. The molecule has 0 fully saturated rings. The van der Waals surface area contributed by atoms with Crippen molar-refractivity contribution in [1.29, 1.82) is 0 Å². The van der Waals surface area contributed by atoms with Gasteiger partial charge in [-0.15, -0.1) is 0 Å². The van der Waals surface area contributed by atoms with E-state index in [9.17, 15) is 5.11 Å². The standard InChI is InChI=1S/C12H17ClO2/c1-3-9(8-15-2)12(14)10-6-4-5-7-11(10)13/h4-7,9,12,14H,3,8H2,1-2H3. The first-order valence-corrected chi connectivity index (χ1v) is 5.50. The van der Waals surface area contributed by atoms with Crippen molar-refractivity contribution >= 4 is 11.6 Å². The van der Waals surface area contributed by atoms with Gasteiger partial charge >= 0.3 is 0 Å². The van der Waals surface area contributed by atoms with E-state index in [1.165, 1.54) is 0 Å². The molecule has 0 spiro atoms. The van der Waals surface area contributed by atoms with Crippen molar-refractivity contribution in [3.63, 3.8) is 0 Å². The van der Waals surface area contributed by atoms with Crippen molar-refractivity contribution in [3.05, 3.63) is 34.9 Å². The van der Waals surface area contributed by atoms with Crippen LogP contribution in [0.15, 0.2) is 24.3 Å². The maximum absolute atomic E-state index is 10.1. The van der Waals surface area contributed by atoms with Crippen LogP contribution in [0, 0.1) is 5.92 Å². The Kier molecular flexibility index (Phi) is 5.09. The van der Waals surface area contributed by atoms with Gasteiger partial charge in [0, 0.05) is 18.1 Å². The fourth-order valence-corrected chi connectivity index (χ4v) is 1.86. The quantitative estimate of drug-likeness (QED) is 0.840. The predicted octanol–water partition coefficient (Wildman–Crippen LogP) is 3.05. The molecule has 1 aromatic rings. The summed E-state index contributed by atoms with van der Waals surface area (Å²) in [6, 6.07) is 7.38. The molecule has 2 nitrogen and oxygen atoms in total. The lowest BCUT2D eigenvalue weighted by Gasteiger charge is -2.21. The lowest BCUT2D eigenvalue weighted by atomic mass is 9.94. The van der Waals surface area contributed by atoms with E-state index in [1.807, 2.05) is 25.1 Å². The Morgan fingerprint density at radius 2 is 2.07 bits per heavy atom. The van der Waals surface area contributed by atoms with E-state index in [2.05, 4.69) is 0 Å². The van der Waals surface area contributed by atoms with Gasteiger partial charge < -0.3 is 9.84 Å². The Bertz CT molecular complexity index is 301. The SMILES string of the molecule is CCC(COC)C(O)c1ccccc1Cl. The summed E-state index contributed by atoms with van der Waals surface area (Å²) in [6.45, 7) is 2.58. The molecule has 0 aromatic heterocycles. The van der Waals surface area contributed by atoms with Gasteiger partial charge in [0.2, 0.25) is 0 Å². The average Bonchev–Trinajstić information content (AvgIpc) is 2.25. The summed E-state index contributed by atoms with van der Waals surface area (Å²) in [5, 5.41) is 10.7. The largest absolute Gasteiger partial charge is 0.388 e. The zero-order valence-corrected chi connectivity index (χ0v) is 9.87. The number of hydrogen-bond donors (Lipinski definition) is 1. The van der Waals surface area contributed by atoms with Crippen LogP contribution in [0.3, 0.4) is 0 Å². The molecule has 1 aromatic carbocycles. The number of benzene rings is 1. The first-order chi connectivity index (χ1) is 7.20. The second-order valence-electron chi connectivity index (χ2n) is 3.59. The predicted molar refractivity (Wildman–Crippen MR) is 62.1 cm³/mol. The van der Waals surface area contributed by atoms with Crippen LogP contribution in [-0.4, -0.2) is 18.8 Å². The topological polar surface area (TPSA) is 29.5 Å². The maximum Gasteiger partial charge on any atom is 0.0854 e. The fraction of sp³-hybridized carbons (Fsp3) is 0.500. The Morgan fingerprint density at radius 3 is 2.60 bits per heavy atom. The summed E-state index contributed by atoms with van der Waals surface area (Å²) in [7, 11) is 1.64. The number of methoxy groups -OCH3 is 1.